The molecule has 0 radical (unpaired) electrons. The normalized spacial score (nSPS) is 12.2. The summed E-state index contributed by atoms with van der Waals surface area (Å²) in [6.07, 6.45) is 3.63. The quantitative estimate of drug-likeness (QED) is 0.805. The fraction of sp³-hybridized carbons (Fsp3) is 0.615. The van der Waals surface area contributed by atoms with Crippen LogP contribution in [-0.2, 0) is 4.79 Å². The SMILES string of the molecule is CCCCC(CC)C(=O)Nc1snc(C)c1C(=O)O. The second kappa shape index (κ2) is 7.23. The molecule has 1 aromatic rings. The molecule has 1 aromatic heterocycles. The third-order valence-corrected chi connectivity index (χ3v) is 3.94. The number of rotatable bonds is 7. The zero-order chi connectivity index (χ0) is 14.4. The number of unbranched alkanes of at least 4 members (excludes halogenated alkanes) is 1. The lowest BCUT2D eigenvalue weighted by molar-refractivity contribution is -0.120. The van der Waals surface area contributed by atoms with Gasteiger partial charge >= 0.3 is 5.97 Å². The Hall–Kier alpha value is -1.43. The molecule has 1 amide bonds. The van der Waals surface area contributed by atoms with Crippen molar-refractivity contribution in [1.29, 1.82) is 0 Å². The number of carbonyl (C=O) groups excluding carboxylic acids is 1. The van der Waals surface area contributed by atoms with Crippen LogP contribution in [0.3, 0.4) is 0 Å². The number of amides is 1. The predicted molar refractivity (Wildman–Crippen MR) is 75.7 cm³/mol. The molecule has 5 nitrogen and oxygen atoms in total. The number of nitrogens with zero attached hydrogens (tertiary/aromatic N) is 1. The van der Waals surface area contributed by atoms with Crippen LogP contribution in [0.4, 0.5) is 5.00 Å². The Morgan fingerprint density at radius 2 is 2.11 bits per heavy atom. The maximum absolute atomic E-state index is 12.1. The van der Waals surface area contributed by atoms with E-state index in [4.69, 9.17) is 5.11 Å². The minimum atomic E-state index is -1.05. The Morgan fingerprint density at radius 1 is 1.42 bits per heavy atom. The molecule has 0 aliphatic carbocycles. The van der Waals surface area contributed by atoms with Gasteiger partial charge in [0.05, 0.1) is 5.69 Å². The van der Waals surface area contributed by atoms with Crippen molar-refractivity contribution in [2.24, 2.45) is 5.92 Å². The van der Waals surface area contributed by atoms with E-state index >= 15 is 0 Å². The zero-order valence-electron chi connectivity index (χ0n) is 11.5. The maximum Gasteiger partial charge on any atom is 0.340 e. The highest BCUT2D eigenvalue weighted by Crippen LogP contribution is 2.26. The summed E-state index contributed by atoms with van der Waals surface area (Å²) in [5.74, 6) is -1.23. The van der Waals surface area contributed by atoms with Crippen LogP contribution in [0.15, 0.2) is 0 Å². The van der Waals surface area contributed by atoms with Crippen LogP contribution in [0.25, 0.3) is 0 Å². The molecule has 0 aromatic carbocycles. The Labute approximate surface area is 117 Å². The summed E-state index contributed by atoms with van der Waals surface area (Å²) in [6, 6.07) is 0. The van der Waals surface area contributed by atoms with E-state index in [1.54, 1.807) is 6.92 Å². The molecular formula is C13H20N2O3S. The van der Waals surface area contributed by atoms with Gasteiger partial charge in [0.25, 0.3) is 0 Å². The third-order valence-electron chi connectivity index (χ3n) is 3.08. The number of carboxylic acid groups (broad SMARTS) is 1. The molecule has 1 heterocycles. The highest BCUT2D eigenvalue weighted by molar-refractivity contribution is 7.11. The lowest BCUT2D eigenvalue weighted by Crippen LogP contribution is -2.22. The first-order chi connectivity index (χ1) is 9.01. The Balaban J connectivity index is 2.78. The van der Waals surface area contributed by atoms with E-state index in [-0.39, 0.29) is 17.4 Å². The maximum atomic E-state index is 12.1. The highest BCUT2D eigenvalue weighted by Gasteiger charge is 2.22. The lowest BCUT2D eigenvalue weighted by Gasteiger charge is -2.13. The van der Waals surface area contributed by atoms with E-state index in [2.05, 4.69) is 16.6 Å². The minimum absolute atomic E-state index is 0.0657. The van der Waals surface area contributed by atoms with Gasteiger partial charge in [0.2, 0.25) is 5.91 Å². The first-order valence-corrected chi connectivity index (χ1v) is 7.28. The summed E-state index contributed by atoms with van der Waals surface area (Å²) >= 11 is 1.02. The molecule has 0 saturated carbocycles. The summed E-state index contributed by atoms with van der Waals surface area (Å²) in [6.45, 7) is 5.68. The van der Waals surface area contributed by atoms with Crippen LogP contribution in [0, 0.1) is 12.8 Å². The van der Waals surface area contributed by atoms with E-state index in [1.165, 1.54) is 0 Å². The lowest BCUT2D eigenvalue weighted by atomic mass is 9.98. The summed E-state index contributed by atoms with van der Waals surface area (Å²) < 4.78 is 3.98. The van der Waals surface area contributed by atoms with Crippen molar-refractivity contribution < 1.29 is 14.7 Å². The second-order valence-corrected chi connectivity index (χ2v) is 5.29. The van der Waals surface area contributed by atoms with Crippen LogP contribution < -0.4 is 5.32 Å². The minimum Gasteiger partial charge on any atom is -0.478 e. The molecule has 19 heavy (non-hydrogen) atoms. The summed E-state index contributed by atoms with van der Waals surface area (Å²) in [5.41, 5.74) is 0.540. The first-order valence-electron chi connectivity index (χ1n) is 6.51. The number of aryl methyl sites for hydroxylation is 1. The average molecular weight is 284 g/mol. The van der Waals surface area contributed by atoms with Gasteiger partial charge in [0.15, 0.2) is 0 Å². The van der Waals surface area contributed by atoms with Gasteiger partial charge in [-0.05, 0) is 31.3 Å². The van der Waals surface area contributed by atoms with Gasteiger partial charge in [-0.25, -0.2) is 4.79 Å². The van der Waals surface area contributed by atoms with Crippen molar-refractivity contribution in [3.8, 4) is 0 Å². The average Bonchev–Trinajstić information content (AvgIpc) is 2.71. The Kier molecular flexibility index (Phi) is 5.95. The van der Waals surface area contributed by atoms with Crippen LogP contribution in [0.1, 0.15) is 55.6 Å². The van der Waals surface area contributed by atoms with Gasteiger partial charge < -0.3 is 10.4 Å². The number of hydrogen-bond donors (Lipinski definition) is 2. The topological polar surface area (TPSA) is 79.3 Å². The second-order valence-electron chi connectivity index (χ2n) is 4.51. The molecule has 1 rings (SSSR count). The first kappa shape index (κ1) is 15.6. The number of hydrogen-bond acceptors (Lipinski definition) is 4. The van der Waals surface area contributed by atoms with Gasteiger partial charge in [0.1, 0.15) is 10.6 Å². The van der Waals surface area contributed by atoms with Gasteiger partial charge in [-0.15, -0.1) is 0 Å². The van der Waals surface area contributed by atoms with E-state index in [0.29, 0.717) is 10.7 Å². The van der Waals surface area contributed by atoms with E-state index in [0.717, 1.165) is 37.2 Å². The smallest absolute Gasteiger partial charge is 0.340 e. The molecule has 0 fully saturated rings. The highest BCUT2D eigenvalue weighted by atomic mass is 32.1. The summed E-state index contributed by atoms with van der Waals surface area (Å²) in [4.78, 5) is 23.2. The van der Waals surface area contributed by atoms with Crippen molar-refractivity contribution in [3.05, 3.63) is 11.3 Å². The van der Waals surface area contributed by atoms with Crippen molar-refractivity contribution in [2.75, 3.05) is 5.32 Å². The number of anilines is 1. The fourth-order valence-corrected chi connectivity index (χ4v) is 2.68. The van der Waals surface area contributed by atoms with Gasteiger partial charge in [-0.2, -0.15) is 4.37 Å². The standard InChI is InChI=1S/C13H20N2O3S/c1-4-6-7-9(5-2)11(16)14-12-10(13(17)18)8(3)15-19-12/h9H,4-7H2,1-3H3,(H,14,16)(H,17,18). The van der Waals surface area contributed by atoms with Crippen molar-refractivity contribution in [2.45, 2.75) is 46.5 Å². The molecular weight excluding hydrogens is 264 g/mol. The molecule has 2 N–H and O–H groups in total. The molecule has 0 aliphatic heterocycles. The molecule has 0 spiro atoms. The van der Waals surface area contributed by atoms with E-state index < -0.39 is 5.97 Å². The van der Waals surface area contributed by atoms with Crippen molar-refractivity contribution in [3.63, 3.8) is 0 Å². The van der Waals surface area contributed by atoms with E-state index in [1.807, 2.05) is 6.92 Å². The van der Waals surface area contributed by atoms with Crippen molar-refractivity contribution in [1.82, 2.24) is 4.37 Å². The van der Waals surface area contributed by atoms with Crippen LogP contribution in [-0.4, -0.2) is 21.4 Å². The number of carbonyl (C=O) groups is 2. The number of nitrogens with one attached hydrogen (secondary N) is 1. The number of aromatic carboxylic acids is 1. The Morgan fingerprint density at radius 3 is 2.63 bits per heavy atom. The van der Waals surface area contributed by atoms with E-state index in [9.17, 15) is 9.59 Å². The third kappa shape index (κ3) is 4.02. The van der Waals surface area contributed by atoms with Crippen LogP contribution in [0.2, 0.25) is 0 Å². The fourth-order valence-electron chi connectivity index (χ4n) is 1.89. The largest absolute Gasteiger partial charge is 0.478 e. The van der Waals surface area contributed by atoms with Gasteiger partial charge in [0, 0.05) is 5.92 Å². The Bertz CT molecular complexity index is 457. The molecule has 0 bridgehead atoms. The molecule has 6 heteroatoms. The molecule has 1 atom stereocenters. The summed E-state index contributed by atoms with van der Waals surface area (Å²) in [5, 5.41) is 12.1. The van der Waals surface area contributed by atoms with Crippen LogP contribution >= 0.6 is 11.5 Å². The molecule has 0 aliphatic rings. The van der Waals surface area contributed by atoms with Crippen molar-refractivity contribution >= 4 is 28.4 Å². The zero-order valence-corrected chi connectivity index (χ0v) is 12.3. The van der Waals surface area contributed by atoms with Gasteiger partial charge in [-0.3, -0.25) is 4.79 Å². The number of aromatic nitrogens is 1. The molecule has 0 saturated heterocycles. The molecule has 106 valence electrons. The summed E-state index contributed by atoms with van der Waals surface area (Å²) in [7, 11) is 0. The van der Waals surface area contributed by atoms with Crippen LogP contribution in [0.5, 0.6) is 0 Å². The van der Waals surface area contributed by atoms with Gasteiger partial charge in [-0.1, -0.05) is 26.7 Å². The molecule has 1 unspecified atom stereocenters. The predicted octanol–water partition coefficient (Wildman–Crippen LogP) is 3.30. The number of carboxylic acids is 1. The monoisotopic (exact) mass is 284 g/mol.